The van der Waals surface area contributed by atoms with Crippen LogP contribution >= 0.6 is 11.3 Å². The average molecular weight is 1150 g/mol. The van der Waals surface area contributed by atoms with Crippen molar-refractivity contribution in [3.8, 4) is 0 Å². The van der Waals surface area contributed by atoms with Crippen molar-refractivity contribution in [1.29, 1.82) is 0 Å². The molecule has 8 heteroatoms. The number of thiazole rings is 1. The average Bonchev–Trinajstić information content (AvgIpc) is 4.09. The van der Waals surface area contributed by atoms with Crippen molar-refractivity contribution in [3.63, 3.8) is 0 Å². The highest BCUT2D eigenvalue weighted by atomic mass is 32.2. The molecule has 9 rings (SSSR count). The number of benzene rings is 2. The van der Waals surface area contributed by atoms with Crippen molar-refractivity contribution in [2.75, 3.05) is 5.75 Å². The van der Waals surface area contributed by atoms with Crippen molar-refractivity contribution >= 4 is 43.1 Å². The number of nitrogens with zero attached hydrogens (tertiary/aromatic N) is 1. The second-order valence-corrected chi connectivity index (χ2v) is 34.9. The number of sulfone groups is 1. The number of ketones is 1. The highest BCUT2D eigenvalue weighted by Gasteiger charge is 2.52. The van der Waals surface area contributed by atoms with Gasteiger partial charge in [0.05, 0.1) is 21.5 Å². The summed E-state index contributed by atoms with van der Waals surface area (Å²) in [5.41, 5.74) is 8.89. The van der Waals surface area contributed by atoms with E-state index >= 15 is 0 Å². The molecule has 6 saturated carbocycles. The Balaban J connectivity index is 0.000000184. The number of carbonyl (C=O) groups excluding carboxylic acids is 2. The van der Waals surface area contributed by atoms with E-state index in [0.29, 0.717) is 62.7 Å². The number of carbonyl (C=O) groups is 2. The molecule has 0 spiro atoms. The first-order chi connectivity index (χ1) is 37.9. The number of fused-ring (bicyclic) bond motifs is 3. The summed E-state index contributed by atoms with van der Waals surface area (Å²) in [6.07, 6.45) is 34.0. The molecule has 6 aliphatic carbocycles. The SMILES string of the molecule is C[C@@H]1CC(=O)C[C@H](OC(=O)c2ccccc2)C1.C[C@H](CCCC(C)(C)C)[C@H]1CC[C@H]2/C(=C/C=C3CC(C)(C)CC(C)(C)C3)CCC[C@]12C.C[C@H](CCCC(C)(C)C)[C@H]1CC[C@H]2/C(=C/CS(=O)(=O)c3nc4ccccc4s3)CCC[C@]12C. The van der Waals surface area contributed by atoms with Gasteiger partial charge in [-0.1, -0.05) is 195 Å². The van der Waals surface area contributed by atoms with E-state index in [1.54, 1.807) is 35.4 Å². The lowest BCUT2D eigenvalue weighted by molar-refractivity contribution is -0.124. The van der Waals surface area contributed by atoms with Crippen LogP contribution in [0.5, 0.6) is 0 Å². The van der Waals surface area contributed by atoms with Gasteiger partial charge >= 0.3 is 5.97 Å². The molecule has 0 bridgehead atoms. The molecular formula is C73H111NO5S2. The number of aromatic nitrogens is 1. The summed E-state index contributed by atoms with van der Waals surface area (Å²) in [6, 6.07) is 16.5. The zero-order valence-corrected chi connectivity index (χ0v) is 55.2. The lowest BCUT2D eigenvalue weighted by Crippen LogP contribution is -2.36. The molecule has 1 aromatic heterocycles. The van der Waals surface area contributed by atoms with Gasteiger partial charge in [-0.25, -0.2) is 18.2 Å². The minimum Gasteiger partial charge on any atom is -0.458 e. The maximum absolute atomic E-state index is 13.1. The van der Waals surface area contributed by atoms with Crippen LogP contribution in [0.25, 0.3) is 10.2 Å². The number of hydrogen-bond donors (Lipinski definition) is 0. The summed E-state index contributed by atoms with van der Waals surface area (Å²) in [6.45, 7) is 36.3. The maximum Gasteiger partial charge on any atom is 0.338 e. The van der Waals surface area contributed by atoms with Crippen LogP contribution in [0.1, 0.15) is 255 Å². The second-order valence-electron chi connectivity index (χ2n) is 31.7. The number of para-hydroxylation sites is 1. The molecule has 0 aliphatic heterocycles. The highest BCUT2D eigenvalue weighted by Crippen LogP contribution is 2.61. The fraction of sp³-hybridized carbons (Fsp3) is 0.712. The Hall–Kier alpha value is -3.36. The smallest absolute Gasteiger partial charge is 0.338 e. The van der Waals surface area contributed by atoms with Gasteiger partial charge in [-0.15, -0.1) is 11.3 Å². The number of ether oxygens (including phenoxy) is 1. The second kappa shape index (κ2) is 26.9. The van der Waals surface area contributed by atoms with E-state index in [-0.39, 0.29) is 27.9 Å². The first-order valence-corrected chi connectivity index (χ1v) is 34.8. The Bertz CT molecular complexity index is 2730. The lowest BCUT2D eigenvalue weighted by Gasteiger charge is -2.44. The van der Waals surface area contributed by atoms with E-state index in [0.717, 1.165) is 52.6 Å². The van der Waals surface area contributed by atoms with E-state index in [1.165, 1.54) is 132 Å². The predicted octanol–water partition coefficient (Wildman–Crippen LogP) is 20.8. The van der Waals surface area contributed by atoms with Crippen molar-refractivity contribution in [2.45, 2.75) is 256 Å². The van der Waals surface area contributed by atoms with Crippen LogP contribution in [-0.2, 0) is 19.4 Å². The van der Waals surface area contributed by atoms with Gasteiger partial charge < -0.3 is 4.74 Å². The van der Waals surface area contributed by atoms with E-state index in [1.807, 2.05) is 37.3 Å². The first-order valence-electron chi connectivity index (χ1n) is 32.3. The number of hydrogen-bond acceptors (Lipinski definition) is 7. The van der Waals surface area contributed by atoms with E-state index in [4.69, 9.17) is 4.74 Å². The molecule has 0 saturated heterocycles. The highest BCUT2D eigenvalue weighted by molar-refractivity contribution is 7.93. The molecular weight excluding hydrogens is 1030 g/mol. The quantitative estimate of drug-likeness (QED) is 0.118. The summed E-state index contributed by atoms with van der Waals surface area (Å²) >= 11 is 1.29. The third kappa shape index (κ3) is 17.9. The van der Waals surface area contributed by atoms with Gasteiger partial charge in [-0.2, -0.15) is 0 Å². The summed E-state index contributed by atoms with van der Waals surface area (Å²) in [7, 11) is -3.39. The van der Waals surface area contributed by atoms with Crippen LogP contribution in [0.3, 0.4) is 0 Å². The summed E-state index contributed by atoms with van der Waals surface area (Å²) in [5.74, 6) is 4.96. The zero-order chi connectivity index (χ0) is 59.2. The normalized spacial score (nSPS) is 30.1. The Morgan fingerprint density at radius 2 is 1.26 bits per heavy atom. The number of allylic oxidation sites excluding steroid dienone is 5. The third-order valence-corrected chi connectivity index (χ3v) is 23.7. The molecule has 2 aromatic carbocycles. The van der Waals surface area contributed by atoms with Crippen molar-refractivity contribution in [2.24, 2.45) is 73.9 Å². The standard InChI is InChI=1S/C31H54.C28H41NO2S2.C14H16O3/c1-23(12-10-18-28(2,3)4)26-16-17-27-25(13-11-19-31(26,27)9)15-14-24-20-29(5,6)22-30(7,8)21-24;1-20(10-8-17-27(2,3)4)22-14-15-23-21(11-9-18-28(22,23)5)16-19-33(30,31)26-29-24-12-6-7-13-25(24)32-26;1-10-7-12(15)9-13(8-10)17-14(16)11-5-3-2-4-6-11/h14-15,23,26-27H,10-13,16-22H2,1-9H3;6-7,12-13,16,20,22-23H,8-11,14-15,17-19H2,1-5H3;2-6,10,13H,7-9H2,1H3/b25-15+;21-16+;/t23-,26-,27+,31-;20-,22-,23+,28-;10-,13-/m111/s1. The molecule has 6 aliphatic rings. The molecule has 1 heterocycles. The van der Waals surface area contributed by atoms with Gasteiger partial charge in [0.1, 0.15) is 11.9 Å². The largest absolute Gasteiger partial charge is 0.458 e. The van der Waals surface area contributed by atoms with Gasteiger partial charge in [0.2, 0.25) is 14.2 Å². The molecule has 450 valence electrons. The minimum atomic E-state index is -3.39. The van der Waals surface area contributed by atoms with Crippen LogP contribution in [0, 0.1) is 73.9 Å². The topological polar surface area (TPSA) is 90.4 Å². The minimum absolute atomic E-state index is 0.0839. The summed E-state index contributed by atoms with van der Waals surface area (Å²) in [5, 5.41) is 0. The molecule has 6 fully saturated rings. The molecule has 0 unspecified atom stereocenters. The van der Waals surface area contributed by atoms with Crippen LogP contribution in [-0.4, -0.2) is 37.0 Å². The first kappa shape index (κ1) is 65.2. The fourth-order valence-electron chi connectivity index (χ4n) is 17.3. The Kier molecular flexibility index (Phi) is 21.7. The molecule has 3 aromatic rings. The van der Waals surface area contributed by atoms with Crippen molar-refractivity contribution < 1.29 is 22.7 Å². The Morgan fingerprint density at radius 3 is 1.80 bits per heavy atom. The molecule has 0 amide bonds. The Morgan fingerprint density at radius 1 is 0.728 bits per heavy atom. The van der Waals surface area contributed by atoms with Gasteiger partial charge in [0.25, 0.3) is 0 Å². The summed E-state index contributed by atoms with van der Waals surface area (Å²) < 4.78 is 32.7. The Labute approximate surface area is 498 Å². The summed E-state index contributed by atoms with van der Waals surface area (Å²) in [4.78, 5) is 27.6. The fourth-order valence-corrected chi connectivity index (χ4v) is 19.8. The van der Waals surface area contributed by atoms with Crippen LogP contribution in [0.2, 0.25) is 0 Å². The van der Waals surface area contributed by atoms with Gasteiger partial charge in [-0.3, -0.25) is 4.79 Å². The van der Waals surface area contributed by atoms with E-state index in [2.05, 4.69) is 120 Å². The van der Waals surface area contributed by atoms with Gasteiger partial charge in [0, 0.05) is 12.8 Å². The van der Waals surface area contributed by atoms with Crippen LogP contribution < -0.4 is 0 Å². The molecule has 81 heavy (non-hydrogen) atoms. The van der Waals surface area contributed by atoms with E-state index < -0.39 is 9.84 Å². The van der Waals surface area contributed by atoms with Crippen molar-refractivity contribution in [1.82, 2.24) is 4.98 Å². The van der Waals surface area contributed by atoms with Crippen LogP contribution in [0.15, 0.2) is 93.9 Å². The number of Topliss-reactive ketones (excluding diaryl/α,β-unsaturated/α-hetero) is 1. The number of rotatable bonds is 14. The molecule has 0 N–H and O–H groups in total. The third-order valence-electron chi connectivity index (χ3n) is 20.6. The van der Waals surface area contributed by atoms with E-state index in [9.17, 15) is 18.0 Å². The van der Waals surface area contributed by atoms with Gasteiger partial charge in [-0.05, 0) is 201 Å². The van der Waals surface area contributed by atoms with Crippen LogP contribution in [0.4, 0.5) is 0 Å². The molecule has 0 radical (unpaired) electrons. The maximum atomic E-state index is 13.1. The monoisotopic (exact) mass is 1150 g/mol. The van der Waals surface area contributed by atoms with Gasteiger partial charge in [0.15, 0.2) is 0 Å². The van der Waals surface area contributed by atoms with Crippen molar-refractivity contribution in [3.05, 3.63) is 95.1 Å². The number of esters is 1. The lowest BCUT2D eigenvalue weighted by atomic mass is 9.60. The molecule has 6 nitrogen and oxygen atoms in total. The zero-order valence-electron chi connectivity index (χ0n) is 53.6. The molecule has 10 atom stereocenters. The predicted molar refractivity (Wildman–Crippen MR) is 342 cm³/mol.